The molecule has 0 spiro atoms. The molecule has 1 saturated heterocycles. The molecule has 13 nitrogen and oxygen atoms in total. The largest absolute Gasteiger partial charge is 0.416 e. The molecule has 1 fully saturated rings. The maximum absolute atomic E-state index is 13.1. The van der Waals surface area contributed by atoms with Gasteiger partial charge in [0.25, 0.3) is 11.4 Å². The standard InChI is InChI=1S/C28H30F3N7O6/c1-18(39)35-10-9-23-22(17-35)26(19-5-7-20(8-6-19)28(29,30)31)32-36(23)16-21(40)15-33-11-13-34(14-12-33)27-24(37(41)42)3-2-4-25(27)38(43)44/h2-8,21,40H,9-17H2,1H3. The molecule has 3 heterocycles. The van der Waals surface area contributed by atoms with Gasteiger partial charge in [-0.1, -0.05) is 12.1 Å². The molecule has 44 heavy (non-hydrogen) atoms. The molecule has 1 unspecified atom stereocenters. The van der Waals surface area contributed by atoms with Gasteiger partial charge in [0.05, 0.1) is 33.8 Å². The van der Waals surface area contributed by atoms with E-state index in [9.17, 15) is 43.3 Å². The molecule has 1 aromatic heterocycles. The van der Waals surface area contributed by atoms with E-state index < -0.39 is 27.7 Å². The summed E-state index contributed by atoms with van der Waals surface area (Å²) in [5.74, 6) is -0.132. The van der Waals surface area contributed by atoms with Gasteiger partial charge in [-0.15, -0.1) is 0 Å². The van der Waals surface area contributed by atoms with Gasteiger partial charge in [-0.2, -0.15) is 18.3 Å². The van der Waals surface area contributed by atoms with Gasteiger partial charge in [0.2, 0.25) is 5.91 Å². The van der Waals surface area contributed by atoms with Crippen LogP contribution < -0.4 is 4.90 Å². The van der Waals surface area contributed by atoms with E-state index in [-0.39, 0.29) is 55.7 Å². The molecule has 5 rings (SSSR count). The second-order valence-electron chi connectivity index (χ2n) is 10.8. The van der Waals surface area contributed by atoms with Crippen LogP contribution in [0.5, 0.6) is 0 Å². The van der Waals surface area contributed by atoms with Gasteiger partial charge in [0.1, 0.15) is 0 Å². The van der Waals surface area contributed by atoms with E-state index >= 15 is 0 Å². The maximum atomic E-state index is 13.1. The smallest absolute Gasteiger partial charge is 0.390 e. The van der Waals surface area contributed by atoms with Crippen molar-refractivity contribution in [3.05, 3.63) is 79.5 Å². The number of aliphatic hydroxyl groups is 1. The number of carbonyl (C=O) groups is 1. The molecule has 0 saturated carbocycles. The van der Waals surface area contributed by atoms with Crippen molar-refractivity contribution in [2.45, 2.75) is 38.7 Å². The number of aromatic nitrogens is 2. The SMILES string of the molecule is CC(=O)N1CCc2c(c(-c3ccc(C(F)(F)F)cc3)nn2CC(O)CN2CCN(c3c([N+](=O)[O-])cccc3[N+](=O)[O-])CC2)C1. The lowest BCUT2D eigenvalue weighted by molar-refractivity contribution is -0.392. The van der Waals surface area contributed by atoms with Crippen LogP contribution in [0.1, 0.15) is 23.7 Å². The summed E-state index contributed by atoms with van der Waals surface area (Å²) in [5, 5.41) is 38.8. The highest BCUT2D eigenvalue weighted by Gasteiger charge is 2.33. The number of β-amino-alcohol motifs (C(OH)–C–C–N with tert-alkyl or cyclic N) is 1. The molecule has 0 radical (unpaired) electrons. The third-order valence-electron chi connectivity index (χ3n) is 7.99. The van der Waals surface area contributed by atoms with Gasteiger partial charge in [0.15, 0.2) is 5.69 Å². The lowest BCUT2D eigenvalue weighted by Gasteiger charge is -2.36. The Morgan fingerprint density at radius 3 is 2.14 bits per heavy atom. The number of aliphatic hydroxyl groups excluding tert-OH is 1. The lowest BCUT2D eigenvalue weighted by Crippen LogP contribution is -2.49. The fourth-order valence-corrected chi connectivity index (χ4v) is 5.81. The van der Waals surface area contributed by atoms with E-state index in [1.54, 1.807) is 14.5 Å². The van der Waals surface area contributed by atoms with Crippen LogP contribution in [0.2, 0.25) is 0 Å². The second kappa shape index (κ2) is 12.2. The molecule has 1 atom stereocenters. The van der Waals surface area contributed by atoms with E-state index in [4.69, 9.17) is 0 Å². The Bertz CT molecular complexity index is 1540. The molecule has 0 bridgehead atoms. The number of alkyl halides is 3. The third-order valence-corrected chi connectivity index (χ3v) is 7.99. The Hall–Kier alpha value is -4.57. The van der Waals surface area contributed by atoms with Crippen LogP contribution in [-0.4, -0.2) is 85.8 Å². The number of hydrogen-bond donors (Lipinski definition) is 1. The first-order valence-corrected chi connectivity index (χ1v) is 13.9. The molecule has 16 heteroatoms. The highest BCUT2D eigenvalue weighted by atomic mass is 19.4. The molecule has 234 valence electrons. The number of hydrogen-bond acceptors (Lipinski definition) is 9. The average molecular weight is 618 g/mol. The fraction of sp³-hybridized carbons (Fsp3) is 0.429. The predicted molar refractivity (Wildman–Crippen MR) is 152 cm³/mol. The number of nitro groups is 2. The van der Waals surface area contributed by atoms with Gasteiger partial charge < -0.3 is 14.9 Å². The van der Waals surface area contributed by atoms with Crippen LogP contribution in [0.15, 0.2) is 42.5 Å². The first-order valence-electron chi connectivity index (χ1n) is 13.9. The quantitative estimate of drug-likeness (QED) is 0.296. The number of halogens is 3. The maximum Gasteiger partial charge on any atom is 0.416 e. The molecule has 1 N–H and O–H groups in total. The van der Waals surface area contributed by atoms with Crippen LogP contribution >= 0.6 is 0 Å². The van der Waals surface area contributed by atoms with E-state index in [0.29, 0.717) is 37.3 Å². The van der Waals surface area contributed by atoms with Crippen LogP contribution in [0, 0.1) is 20.2 Å². The highest BCUT2D eigenvalue weighted by Crippen LogP contribution is 2.38. The monoisotopic (exact) mass is 617 g/mol. The topological polar surface area (TPSA) is 151 Å². The van der Waals surface area contributed by atoms with Crippen molar-refractivity contribution in [3.8, 4) is 11.3 Å². The van der Waals surface area contributed by atoms with Crippen molar-refractivity contribution in [1.29, 1.82) is 0 Å². The molecule has 3 aromatic rings. The Morgan fingerprint density at radius 2 is 1.59 bits per heavy atom. The Balaban J connectivity index is 1.30. The fourth-order valence-electron chi connectivity index (χ4n) is 5.81. The lowest BCUT2D eigenvalue weighted by atomic mass is 10.00. The summed E-state index contributed by atoms with van der Waals surface area (Å²) in [6, 6.07) is 8.41. The van der Waals surface area contributed by atoms with Crippen molar-refractivity contribution in [1.82, 2.24) is 19.6 Å². The first-order chi connectivity index (χ1) is 20.8. The van der Waals surface area contributed by atoms with Crippen molar-refractivity contribution in [2.75, 3.05) is 44.2 Å². The molecular weight excluding hydrogens is 587 g/mol. The van der Waals surface area contributed by atoms with E-state index in [1.807, 2.05) is 4.90 Å². The van der Waals surface area contributed by atoms with Crippen LogP contribution in [0.25, 0.3) is 11.3 Å². The van der Waals surface area contributed by atoms with Crippen LogP contribution in [-0.2, 0) is 30.5 Å². The number of para-hydroxylation sites is 1. The Labute approximate surface area is 249 Å². The van der Waals surface area contributed by atoms with Gasteiger partial charge in [0, 0.05) is 88.1 Å². The van der Waals surface area contributed by atoms with Crippen molar-refractivity contribution >= 4 is 23.0 Å². The average Bonchev–Trinajstić information content (AvgIpc) is 3.34. The summed E-state index contributed by atoms with van der Waals surface area (Å²) in [4.78, 5) is 39.1. The van der Waals surface area contributed by atoms with E-state index in [0.717, 1.165) is 23.4 Å². The van der Waals surface area contributed by atoms with Gasteiger partial charge in [-0.3, -0.25) is 34.6 Å². The number of amides is 1. The van der Waals surface area contributed by atoms with Crippen LogP contribution in [0.3, 0.4) is 0 Å². The normalized spacial score (nSPS) is 16.5. The zero-order chi connectivity index (χ0) is 31.8. The minimum absolute atomic E-state index is 0.0405. The Morgan fingerprint density at radius 1 is 0.977 bits per heavy atom. The number of nitrogens with zero attached hydrogens (tertiary/aromatic N) is 7. The molecule has 2 aromatic carbocycles. The number of anilines is 1. The summed E-state index contributed by atoms with van der Waals surface area (Å²) in [6.45, 7) is 3.79. The molecule has 2 aliphatic rings. The van der Waals surface area contributed by atoms with E-state index in [2.05, 4.69) is 5.10 Å². The van der Waals surface area contributed by atoms with Crippen molar-refractivity contribution in [3.63, 3.8) is 0 Å². The third kappa shape index (κ3) is 6.35. The number of nitro benzene ring substituents is 2. The van der Waals surface area contributed by atoms with Gasteiger partial charge in [-0.25, -0.2) is 0 Å². The van der Waals surface area contributed by atoms with E-state index in [1.165, 1.54) is 37.3 Å². The van der Waals surface area contributed by atoms with Crippen LogP contribution in [0.4, 0.5) is 30.2 Å². The van der Waals surface area contributed by atoms with Crippen molar-refractivity contribution in [2.24, 2.45) is 0 Å². The summed E-state index contributed by atoms with van der Waals surface area (Å²) < 4.78 is 41.0. The summed E-state index contributed by atoms with van der Waals surface area (Å²) >= 11 is 0. The molecular formula is C28H30F3N7O6. The second-order valence-corrected chi connectivity index (χ2v) is 10.8. The first kappa shape index (κ1) is 30.9. The molecule has 1 amide bonds. The van der Waals surface area contributed by atoms with Crippen molar-refractivity contribution < 1.29 is 32.9 Å². The minimum Gasteiger partial charge on any atom is -0.390 e. The number of piperazine rings is 1. The summed E-state index contributed by atoms with van der Waals surface area (Å²) in [7, 11) is 0. The number of rotatable bonds is 8. The summed E-state index contributed by atoms with van der Waals surface area (Å²) in [5.41, 5.74) is 0.919. The zero-order valence-electron chi connectivity index (χ0n) is 23.7. The number of carbonyl (C=O) groups excluding carboxylic acids is 1. The molecule has 0 aliphatic carbocycles. The van der Waals surface area contributed by atoms with Gasteiger partial charge >= 0.3 is 6.18 Å². The predicted octanol–water partition coefficient (Wildman–Crippen LogP) is 3.47. The zero-order valence-corrected chi connectivity index (χ0v) is 23.7. The summed E-state index contributed by atoms with van der Waals surface area (Å²) in [6.07, 6.45) is -4.91. The Kier molecular flexibility index (Phi) is 8.56. The number of benzene rings is 2. The van der Waals surface area contributed by atoms with Gasteiger partial charge in [-0.05, 0) is 18.2 Å². The highest BCUT2D eigenvalue weighted by molar-refractivity contribution is 5.75. The molecule has 2 aliphatic heterocycles. The number of fused-ring (bicyclic) bond motifs is 1. The minimum atomic E-state index is -4.48.